The third-order valence-corrected chi connectivity index (χ3v) is 7.27. The van der Waals surface area contributed by atoms with Crippen LogP contribution in [0.25, 0.3) is 10.1 Å². The SMILES string of the molecule is C[C@H](CC(=O)O)CC(=O)c1c(CCCCCCc2cccc(Cl)c2)sc2ccc(Cl)cc12. The number of rotatable bonds is 12. The Labute approximate surface area is 203 Å². The number of carbonyl (C=O) groups is 2. The van der Waals surface area contributed by atoms with Crippen molar-refractivity contribution in [2.24, 2.45) is 5.92 Å². The standard InChI is InChI=1S/C26H28Cl2O3S/c1-17(14-25(30)31)13-22(29)26-21-16-20(28)11-12-23(21)32-24(26)10-5-3-2-4-7-18-8-6-9-19(27)15-18/h6,8-9,11-12,15-17H,2-5,7,10,13-14H2,1H3,(H,30,31)/t17-/m0/s1. The number of carboxylic acid groups (broad SMARTS) is 1. The molecular formula is C26H28Cl2O3S. The minimum Gasteiger partial charge on any atom is -0.481 e. The van der Waals surface area contributed by atoms with Crippen LogP contribution in [0.4, 0.5) is 0 Å². The fourth-order valence-electron chi connectivity index (χ4n) is 4.05. The summed E-state index contributed by atoms with van der Waals surface area (Å²) in [6, 6.07) is 13.7. The molecule has 3 rings (SSSR count). The Morgan fingerprint density at radius 1 is 0.938 bits per heavy atom. The molecule has 0 radical (unpaired) electrons. The third-order valence-electron chi connectivity index (χ3n) is 5.57. The Bertz CT molecular complexity index is 1090. The van der Waals surface area contributed by atoms with E-state index in [2.05, 4.69) is 6.07 Å². The van der Waals surface area contributed by atoms with Crippen LogP contribution in [0.1, 0.15) is 66.2 Å². The lowest BCUT2D eigenvalue weighted by Crippen LogP contribution is -2.11. The van der Waals surface area contributed by atoms with Crippen molar-refractivity contribution in [1.82, 2.24) is 0 Å². The number of benzene rings is 2. The lowest BCUT2D eigenvalue weighted by atomic mass is 9.94. The first-order valence-electron chi connectivity index (χ1n) is 11.0. The van der Waals surface area contributed by atoms with Gasteiger partial charge in [0, 0.05) is 43.4 Å². The number of hydrogen-bond acceptors (Lipinski definition) is 3. The van der Waals surface area contributed by atoms with Crippen molar-refractivity contribution in [3.63, 3.8) is 0 Å². The average Bonchev–Trinajstić information content (AvgIpc) is 3.07. The summed E-state index contributed by atoms with van der Waals surface area (Å²) < 4.78 is 1.06. The normalized spacial score (nSPS) is 12.2. The molecule has 1 N–H and O–H groups in total. The Morgan fingerprint density at radius 3 is 2.38 bits per heavy atom. The van der Waals surface area contributed by atoms with Gasteiger partial charge in [0.2, 0.25) is 0 Å². The number of halogens is 2. The second kappa shape index (κ2) is 11.8. The highest BCUT2D eigenvalue weighted by Gasteiger charge is 2.21. The number of hydrogen-bond donors (Lipinski definition) is 1. The van der Waals surface area contributed by atoms with Crippen LogP contribution in [0.5, 0.6) is 0 Å². The fraction of sp³-hybridized carbons (Fsp3) is 0.385. The molecule has 0 fully saturated rings. The highest BCUT2D eigenvalue weighted by Crippen LogP contribution is 2.36. The smallest absolute Gasteiger partial charge is 0.303 e. The van der Waals surface area contributed by atoms with Crippen molar-refractivity contribution < 1.29 is 14.7 Å². The van der Waals surface area contributed by atoms with Gasteiger partial charge in [-0.3, -0.25) is 9.59 Å². The highest BCUT2D eigenvalue weighted by atomic mass is 35.5. The summed E-state index contributed by atoms with van der Waals surface area (Å²) in [5, 5.41) is 11.3. The number of fused-ring (bicyclic) bond motifs is 1. The van der Waals surface area contributed by atoms with E-state index in [1.54, 1.807) is 11.3 Å². The quantitative estimate of drug-likeness (QED) is 0.205. The summed E-state index contributed by atoms with van der Waals surface area (Å²) in [6.07, 6.45) is 6.45. The molecule has 6 heteroatoms. The maximum Gasteiger partial charge on any atom is 0.303 e. The predicted molar refractivity (Wildman–Crippen MR) is 135 cm³/mol. The summed E-state index contributed by atoms with van der Waals surface area (Å²) in [5.41, 5.74) is 2.01. The van der Waals surface area contributed by atoms with E-state index < -0.39 is 5.97 Å². The largest absolute Gasteiger partial charge is 0.481 e. The highest BCUT2D eigenvalue weighted by molar-refractivity contribution is 7.19. The van der Waals surface area contributed by atoms with Gasteiger partial charge in [-0.2, -0.15) is 0 Å². The van der Waals surface area contributed by atoms with Crippen molar-refractivity contribution in [2.75, 3.05) is 0 Å². The lowest BCUT2D eigenvalue weighted by Gasteiger charge is -2.09. The van der Waals surface area contributed by atoms with Crippen LogP contribution < -0.4 is 0 Å². The zero-order chi connectivity index (χ0) is 23.1. The first-order chi connectivity index (χ1) is 15.3. The zero-order valence-corrected chi connectivity index (χ0v) is 20.5. The molecule has 0 aliphatic carbocycles. The van der Waals surface area contributed by atoms with Gasteiger partial charge in [-0.05, 0) is 67.5 Å². The molecule has 170 valence electrons. The first-order valence-corrected chi connectivity index (χ1v) is 12.6. The van der Waals surface area contributed by atoms with Gasteiger partial charge in [-0.15, -0.1) is 11.3 Å². The number of ketones is 1. The summed E-state index contributed by atoms with van der Waals surface area (Å²) in [5.74, 6) is -1.06. The molecule has 1 heterocycles. The van der Waals surface area contributed by atoms with Crippen molar-refractivity contribution >= 4 is 56.4 Å². The van der Waals surface area contributed by atoms with Crippen molar-refractivity contribution in [1.29, 1.82) is 0 Å². The van der Waals surface area contributed by atoms with Crippen LogP contribution in [0.2, 0.25) is 10.0 Å². The molecule has 3 aromatic rings. The molecule has 0 bridgehead atoms. The van der Waals surface area contributed by atoms with E-state index in [9.17, 15) is 9.59 Å². The van der Waals surface area contributed by atoms with E-state index in [-0.39, 0.29) is 24.5 Å². The number of unbranched alkanes of at least 4 members (excludes halogenated alkanes) is 3. The molecule has 0 aliphatic heterocycles. The lowest BCUT2D eigenvalue weighted by molar-refractivity contribution is -0.137. The topological polar surface area (TPSA) is 54.4 Å². The van der Waals surface area contributed by atoms with Crippen LogP contribution >= 0.6 is 34.5 Å². The number of thiophene rings is 1. The van der Waals surface area contributed by atoms with Crippen LogP contribution in [0.3, 0.4) is 0 Å². The van der Waals surface area contributed by atoms with Crippen LogP contribution in [-0.2, 0) is 17.6 Å². The van der Waals surface area contributed by atoms with Gasteiger partial charge >= 0.3 is 5.97 Å². The van der Waals surface area contributed by atoms with Gasteiger partial charge in [-0.1, -0.05) is 55.1 Å². The molecule has 0 unspecified atom stereocenters. The second-order valence-electron chi connectivity index (χ2n) is 8.42. The number of carboxylic acids is 1. The van der Waals surface area contributed by atoms with E-state index in [1.807, 2.05) is 43.3 Å². The Balaban J connectivity index is 1.62. The number of carbonyl (C=O) groups excluding carboxylic acids is 1. The van der Waals surface area contributed by atoms with E-state index in [4.69, 9.17) is 28.3 Å². The Kier molecular flexibility index (Phi) is 9.15. The Morgan fingerprint density at radius 2 is 1.66 bits per heavy atom. The minimum absolute atomic E-state index is 0.00345. The fourth-order valence-corrected chi connectivity index (χ4v) is 5.68. The number of aliphatic carboxylic acids is 1. The first kappa shape index (κ1) is 24.8. The molecule has 1 atom stereocenters. The van der Waals surface area contributed by atoms with E-state index in [0.29, 0.717) is 5.02 Å². The minimum atomic E-state index is -0.874. The van der Waals surface area contributed by atoms with E-state index in [0.717, 1.165) is 64.1 Å². The third kappa shape index (κ3) is 7.06. The molecule has 1 aromatic heterocycles. The van der Waals surface area contributed by atoms with Gasteiger partial charge in [0.25, 0.3) is 0 Å². The van der Waals surface area contributed by atoms with Crippen LogP contribution in [0, 0.1) is 5.92 Å². The molecule has 32 heavy (non-hydrogen) atoms. The van der Waals surface area contributed by atoms with Crippen LogP contribution in [0.15, 0.2) is 42.5 Å². The van der Waals surface area contributed by atoms with Crippen molar-refractivity contribution in [2.45, 2.75) is 58.3 Å². The summed E-state index contributed by atoms with van der Waals surface area (Å²) in [7, 11) is 0. The van der Waals surface area contributed by atoms with Crippen molar-refractivity contribution in [3.05, 3.63) is 68.5 Å². The molecule has 0 saturated carbocycles. The van der Waals surface area contributed by atoms with E-state index in [1.165, 1.54) is 5.56 Å². The van der Waals surface area contributed by atoms with Gasteiger partial charge in [-0.25, -0.2) is 0 Å². The molecule has 0 spiro atoms. The molecular weight excluding hydrogens is 463 g/mol. The zero-order valence-electron chi connectivity index (χ0n) is 18.2. The molecule has 2 aromatic carbocycles. The van der Waals surface area contributed by atoms with E-state index >= 15 is 0 Å². The number of aryl methyl sites for hydroxylation is 2. The molecule has 0 saturated heterocycles. The average molecular weight is 491 g/mol. The maximum absolute atomic E-state index is 13.1. The van der Waals surface area contributed by atoms with Gasteiger partial charge in [0.1, 0.15) is 0 Å². The monoisotopic (exact) mass is 490 g/mol. The molecule has 3 nitrogen and oxygen atoms in total. The summed E-state index contributed by atoms with van der Waals surface area (Å²) in [6.45, 7) is 1.81. The summed E-state index contributed by atoms with van der Waals surface area (Å²) in [4.78, 5) is 25.2. The molecule has 0 aliphatic rings. The van der Waals surface area contributed by atoms with Gasteiger partial charge < -0.3 is 5.11 Å². The van der Waals surface area contributed by atoms with Gasteiger partial charge in [0.05, 0.1) is 0 Å². The van der Waals surface area contributed by atoms with Gasteiger partial charge in [0.15, 0.2) is 5.78 Å². The molecule has 0 amide bonds. The van der Waals surface area contributed by atoms with Crippen LogP contribution in [-0.4, -0.2) is 16.9 Å². The number of Topliss-reactive ketones (excluding diaryl/α,β-unsaturated/α-hetero) is 1. The Hall–Kier alpha value is -1.88. The second-order valence-corrected chi connectivity index (χ2v) is 10.4. The van der Waals surface area contributed by atoms with Crippen molar-refractivity contribution in [3.8, 4) is 0 Å². The maximum atomic E-state index is 13.1. The summed E-state index contributed by atoms with van der Waals surface area (Å²) >= 11 is 13.9. The predicted octanol–water partition coefficient (Wildman–Crippen LogP) is 8.24.